The van der Waals surface area contributed by atoms with E-state index in [1.807, 2.05) is 0 Å². The molecule has 2 heterocycles. The first-order chi connectivity index (χ1) is 8.09. The maximum absolute atomic E-state index is 7.39. The Hall–Kier alpha value is -1.60. The van der Waals surface area contributed by atoms with Crippen molar-refractivity contribution < 1.29 is 0 Å². The van der Waals surface area contributed by atoms with E-state index in [2.05, 4.69) is 15.1 Å². The molecule has 2 aromatic rings. The molecule has 0 fully saturated rings. The van der Waals surface area contributed by atoms with E-state index >= 15 is 0 Å². The third-order valence-corrected chi connectivity index (χ3v) is 3.55. The van der Waals surface area contributed by atoms with Crippen molar-refractivity contribution in [2.45, 2.75) is 10.2 Å². The fraction of sp³-hybridized carbons (Fsp3) is 0.111. The molecule has 0 bridgehead atoms. The SMILES string of the molecule is Cn1ncnc1Sc1nccc(C(=N)N)c1Cl. The van der Waals surface area contributed by atoms with Crippen LogP contribution in [0.5, 0.6) is 0 Å². The zero-order valence-corrected chi connectivity index (χ0v) is 10.5. The first kappa shape index (κ1) is 11.9. The second-order valence-electron chi connectivity index (χ2n) is 3.16. The van der Waals surface area contributed by atoms with E-state index in [9.17, 15) is 0 Å². The van der Waals surface area contributed by atoms with E-state index in [1.165, 1.54) is 18.1 Å². The minimum Gasteiger partial charge on any atom is -0.384 e. The Kier molecular flexibility index (Phi) is 3.30. The van der Waals surface area contributed by atoms with Crippen LogP contribution in [0.3, 0.4) is 0 Å². The Morgan fingerprint density at radius 3 is 2.88 bits per heavy atom. The van der Waals surface area contributed by atoms with E-state index in [1.54, 1.807) is 24.0 Å². The topological polar surface area (TPSA) is 93.5 Å². The highest BCUT2D eigenvalue weighted by Gasteiger charge is 2.13. The molecule has 0 aromatic carbocycles. The van der Waals surface area contributed by atoms with Gasteiger partial charge in [0.15, 0.2) is 5.16 Å². The van der Waals surface area contributed by atoms with Gasteiger partial charge in [-0.2, -0.15) is 5.10 Å². The summed E-state index contributed by atoms with van der Waals surface area (Å²) in [5.41, 5.74) is 5.88. The maximum atomic E-state index is 7.39. The number of nitrogens with one attached hydrogen (secondary N) is 1. The first-order valence-corrected chi connectivity index (χ1v) is 5.80. The lowest BCUT2D eigenvalue weighted by Gasteiger charge is -2.06. The molecule has 3 N–H and O–H groups in total. The first-order valence-electron chi connectivity index (χ1n) is 4.60. The summed E-state index contributed by atoms with van der Waals surface area (Å²) in [4.78, 5) is 8.19. The minimum absolute atomic E-state index is 0.0859. The third kappa shape index (κ3) is 2.40. The average Bonchev–Trinajstić information content (AvgIpc) is 2.67. The highest BCUT2D eigenvalue weighted by atomic mass is 35.5. The van der Waals surface area contributed by atoms with E-state index < -0.39 is 0 Å². The second-order valence-corrected chi connectivity index (χ2v) is 4.49. The molecule has 8 heteroatoms. The molecule has 6 nitrogen and oxygen atoms in total. The number of hydrogen-bond donors (Lipinski definition) is 2. The van der Waals surface area contributed by atoms with Gasteiger partial charge in [0.05, 0.1) is 5.02 Å². The Balaban J connectivity index is 2.37. The van der Waals surface area contributed by atoms with Gasteiger partial charge in [0.2, 0.25) is 0 Å². The molecular formula is C9H9ClN6S. The predicted molar refractivity (Wildman–Crippen MR) is 65.4 cm³/mol. The summed E-state index contributed by atoms with van der Waals surface area (Å²) in [6.07, 6.45) is 3.01. The summed E-state index contributed by atoms with van der Waals surface area (Å²) in [7, 11) is 1.78. The third-order valence-electron chi connectivity index (χ3n) is 2.01. The van der Waals surface area contributed by atoms with Crippen molar-refractivity contribution in [1.29, 1.82) is 5.41 Å². The molecule has 88 valence electrons. The van der Waals surface area contributed by atoms with Crippen molar-refractivity contribution in [3.8, 4) is 0 Å². The molecule has 0 atom stereocenters. The summed E-state index contributed by atoms with van der Waals surface area (Å²) in [6, 6.07) is 1.60. The van der Waals surface area contributed by atoms with Crippen molar-refractivity contribution in [3.63, 3.8) is 0 Å². The van der Waals surface area contributed by atoms with Crippen LogP contribution in [0.25, 0.3) is 0 Å². The van der Waals surface area contributed by atoms with E-state index in [0.29, 0.717) is 20.8 Å². The van der Waals surface area contributed by atoms with Gasteiger partial charge in [0.1, 0.15) is 17.2 Å². The molecule has 0 aliphatic carbocycles. The quantitative estimate of drug-likeness (QED) is 0.646. The fourth-order valence-electron chi connectivity index (χ4n) is 1.17. The van der Waals surface area contributed by atoms with Gasteiger partial charge in [-0.1, -0.05) is 11.6 Å². The number of amidine groups is 1. The summed E-state index contributed by atoms with van der Waals surface area (Å²) in [6.45, 7) is 0. The molecule has 0 radical (unpaired) electrons. The largest absolute Gasteiger partial charge is 0.384 e. The summed E-state index contributed by atoms with van der Waals surface area (Å²) in [5.74, 6) is -0.0859. The normalized spacial score (nSPS) is 10.5. The number of aromatic nitrogens is 4. The van der Waals surface area contributed by atoms with Crippen LogP contribution in [0.2, 0.25) is 5.02 Å². The molecule has 17 heavy (non-hydrogen) atoms. The Morgan fingerprint density at radius 1 is 1.53 bits per heavy atom. The van der Waals surface area contributed by atoms with Gasteiger partial charge in [-0.25, -0.2) is 14.6 Å². The van der Waals surface area contributed by atoms with Crippen molar-refractivity contribution in [2.24, 2.45) is 12.8 Å². The summed E-state index contributed by atoms with van der Waals surface area (Å²) < 4.78 is 1.61. The number of nitrogen functional groups attached to an aromatic ring is 1. The highest BCUT2D eigenvalue weighted by Crippen LogP contribution is 2.31. The molecule has 0 unspecified atom stereocenters. The number of nitrogens with two attached hydrogens (primary N) is 1. The van der Waals surface area contributed by atoms with Crippen molar-refractivity contribution in [2.75, 3.05) is 0 Å². The number of nitrogens with zero attached hydrogens (tertiary/aromatic N) is 4. The van der Waals surface area contributed by atoms with Gasteiger partial charge in [0, 0.05) is 18.8 Å². The predicted octanol–water partition coefficient (Wildman–Crippen LogP) is 1.30. The van der Waals surface area contributed by atoms with Crippen LogP contribution in [0.4, 0.5) is 0 Å². The Labute approximate surface area is 107 Å². The van der Waals surface area contributed by atoms with Crippen molar-refractivity contribution in [1.82, 2.24) is 19.7 Å². The number of aryl methyl sites for hydroxylation is 1. The van der Waals surface area contributed by atoms with Gasteiger partial charge < -0.3 is 5.73 Å². The number of halogens is 1. The monoisotopic (exact) mass is 268 g/mol. The lowest BCUT2D eigenvalue weighted by molar-refractivity contribution is 0.684. The van der Waals surface area contributed by atoms with Crippen LogP contribution in [0.15, 0.2) is 28.8 Å². The zero-order chi connectivity index (χ0) is 12.4. The molecular weight excluding hydrogens is 260 g/mol. The Bertz CT molecular complexity index is 566. The van der Waals surface area contributed by atoms with Crippen LogP contribution >= 0.6 is 23.4 Å². The lowest BCUT2D eigenvalue weighted by atomic mass is 10.2. The standard InChI is InChI=1S/C9H9ClN6S/c1-16-9(14-4-15-16)17-8-6(10)5(7(11)12)2-3-13-8/h2-4H,1H3,(H3,11,12). The van der Waals surface area contributed by atoms with Crippen LogP contribution < -0.4 is 5.73 Å². The van der Waals surface area contributed by atoms with E-state index in [4.69, 9.17) is 22.7 Å². The smallest absolute Gasteiger partial charge is 0.192 e. The van der Waals surface area contributed by atoms with Crippen LogP contribution in [-0.2, 0) is 7.05 Å². The van der Waals surface area contributed by atoms with Crippen LogP contribution in [-0.4, -0.2) is 25.6 Å². The number of rotatable bonds is 3. The Morgan fingerprint density at radius 2 is 2.29 bits per heavy atom. The molecule has 0 aliphatic rings. The molecule has 0 saturated carbocycles. The highest BCUT2D eigenvalue weighted by molar-refractivity contribution is 7.99. The van der Waals surface area contributed by atoms with Crippen LogP contribution in [0.1, 0.15) is 5.56 Å². The van der Waals surface area contributed by atoms with Gasteiger partial charge in [-0.15, -0.1) is 0 Å². The number of hydrogen-bond acceptors (Lipinski definition) is 5. The van der Waals surface area contributed by atoms with Gasteiger partial charge in [-0.3, -0.25) is 5.41 Å². The molecule has 0 amide bonds. The van der Waals surface area contributed by atoms with E-state index in [-0.39, 0.29) is 5.84 Å². The van der Waals surface area contributed by atoms with Gasteiger partial charge in [-0.05, 0) is 17.8 Å². The number of pyridine rings is 1. The fourth-order valence-corrected chi connectivity index (χ4v) is 2.26. The van der Waals surface area contributed by atoms with E-state index in [0.717, 1.165) is 0 Å². The second kappa shape index (κ2) is 4.72. The average molecular weight is 269 g/mol. The molecule has 0 saturated heterocycles. The zero-order valence-electron chi connectivity index (χ0n) is 8.88. The lowest BCUT2D eigenvalue weighted by Crippen LogP contribution is -2.12. The van der Waals surface area contributed by atoms with Crippen molar-refractivity contribution >= 4 is 29.2 Å². The summed E-state index contributed by atoms with van der Waals surface area (Å²) >= 11 is 7.38. The molecule has 0 spiro atoms. The van der Waals surface area contributed by atoms with Gasteiger partial charge in [0.25, 0.3) is 0 Å². The minimum atomic E-state index is -0.0859. The molecule has 2 aromatic heterocycles. The van der Waals surface area contributed by atoms with Gasteiger partial charge >= 0.3 is 0 Å². The molecule has 2 rings (SSSR count). The maximum Gasteiger partial charge on any atom is 0.192 e. The summed E-state index contributed by atoms with van der Waals surface area (Å²) in [5, 5.41) is 12.9. The van der Waals surface area contributed by atoms with Crippen molar-refractivity contribution in [3.05, 3.63) is 29.2 Å². The molecule has 0 aliphatic heterocycles. The van der Waals surface area contributed by atoms with Crippen LogP contribution in [0, 0.1) is 5.41 Å².